The zero-order valence-electron chi connectivity index (χ0n) is 10.8. The molecular formula is C12H12Cl2N2O2S2. The fourth-order valence-corrected chi connectivity index (χ4v) is 4.45. The van der Waals surface area contributed by atoms with E-state index in [-0.39, 0.29) is 21.5 Å². The Morgan fingerprint density at radius 1 is 1.25 bits per heavy atom. The SMILES string of the molecule is Cc1ncc(CN(C)S(=O)(=O)c2cc(Cl)cc(Cl)c2)s1. The number of rotatable bonds is 4. The largest absolute Gasteiger partial charge is 0.250 e. The van der Waals surface area contributed by atoms with Crippen molar-refractivity contribution in [1.82, 2.24) is 9.29 Å². The first kappa shape index (κ1) is 15.7. The molecule has 8 heteroatoms. The Bertz CT molecular complexity index is 709. The minimum atomic E-state index is -3.63. The van der Waals surface area contributed by atoms with Crippen LogP contribution in [0, 0.1) is 6.92 Å². The van der Waals surface area contributed by atoms with Gasteiger partial charge in [-0.25, -0.2) is 13.4 Å². The molecule has 0 aliphatic heterocycles. The Hall–Kier alpha value is -0.660. The van der Waals surface area contributed by atoms with E-state index in [0.717, 1.165) is 9.88 Å². The summed E-state index contributed by atoms with van der Waals surface area (Å²) >= 11 is 13.2. The van der Waals surface area contributed by atoms with Crippen molar-refractivity contribution in [3.05, 3.63) is 44.3 Å². The van der Waals surface area contributed by atoms with Gasteiger partial charge in [0, 0.05) is 34.7 Å². The molecule has 0 unspecified atom stereocenters. The second-order valence-corrected chi connectivity index (χ2v) is 8.45. The maximum Gasteiger partial charge on any atom is 0.243 e. The molecule has 0 aliphatic rings. The lowest BCUT2D eigenvalue weighted by molar-refractivity contribution is 0.469. The van der Waals surface area contributed by atoms with Crippen molar-refractivity contribution < 1.29 is 8.42 Å². The second-order valence-electron chi connectivity index (χ2n) is 4.21. The summed E-state index contributed by atoms with van der Waals surface area (Å²) < 4.78 is 26.1. The molecule has 1 heterocycles. The number of halogens is 2. The summed E-state index contributed by atoms with van der Waals surface area (Å²) in [6.07, 6.45) is 1.68. The maximum absolute atomic E-state index is 12.4. The van der Waals surface area contributed by atoms with Crippen molar-refractivity contribution in [2.24, 2.45) is 0 Å². The van der Waals surface area contributed by atoms with Crippen LogP contribution in [0.1, 0.15) is 9.88 Å². The number of aryl methyl sites for hydroxylation is 1. The average Bonchev–Trinajstić information content (AvgIpc) is 2.73. The number of aromatic nitrogens is 1. The van der Waals surface area contributed by atoms with E-state index in [1.54, 1.807) is 6.20 Å². The van der Waals surface area contributed by atoms with Crippen molar-refractivity contribution >= 4 is 44.6 Å². The highest BCUT2D eigenvalue weighted by Gasteiger charge is 2.22. The van der Waals surface area contributed by atoms with Gasteiger partial charge >= 0.3 is 0 Å². The van der Waals surface area contributed by atoms with Crippen LogP contribution in [0.4, 0.5) is 0 Å². The van der Waals surface area contributed by atoms with Crippen molar-refractivity contribution in [3.63, 3.8) is 0 Å². The van der Waals surface area contributed by atoms with Crippen LogP contribution in [0.3, 0.4) is 0 Å². The minimum Gasteiger partial charge on any atom is -0.250 e. The van der Waals surface area contributed by atoms with Crippen LogP contribution in [-0.4, -0.2) is 24.8 Å². The normalized spacial score (nSPS) is 12.1. The quantitative estimate of drug-likeness (QED) is 0.846. The molecule has 0 atom stereocenters. The van der Waals surface area contributed by atoms with E-state index in [1.165, 1.54) is 40.9 Å². The zero-order valence-corrected chi connectivity index (χ0v) is 13.9. The van der Waals surface area contributed by atoms with E-state index in [9.17, 15) is 8.42 Å². The van der Waals surface area contributed by atoms with Crippen LogP contribution in [0.2, 0.25) is 10.0 Å². The molecule has 0 bridgehead atoms. The summed E-state index contributed by atoms with van der Waals surface area (Å²) in [7, 11) is -2.12. The first-order valence-corrected chi connectivity index (χ1v) is 8.64. The van der Waals surface area contributed by atoms with Gasteiger partial charge in [-0.2, -0.15) is 4.31 Å². The summed E-state index contributed by atoms with van der Waals surface area (Å²) in [4.78, 5) is 5.07. The summed E-state index contributed by atoms with van der Waals surface area (Å²) in [5.74, 6) is 0. The summed E-state index contributed by atoms with van der Waals surface area (Å²) in [5, 5.41) is 1.48. The fourth-order valence-electron chi connectivity index (χ4n) is 1.64. The molecule has 0 N–H and O–H groups in total. The molecule has 2 rings (SSSR count). The molecule has 0 fully saturated rings. The van der Waals surface area contributed by atoms with Crippen LogP contribution in [0.15, 0.2) is 29.3 Å². The van der Waals surface area contributed by atoms with E-state index in [2.05, 4.69) is 4.98 Å². The molecule has 0 spiro atoms. The lowest BCUT2D eigenvalue weighted by Gasteiger charge is -2.16. The Kier molecular flexibility index (Phi) is 4.71. The van der Waals surface area contributed by atoms with Crippen molar-refractivity contribution in [2.75, 3.05) is 7.05 Å². The van der Waals surface area contributed by atoms with Gasteiger partial charge in [0.05, 0.1) is 9.90 Å². The maximum atomic E-state index is 12.4. The Balaban J connectivity index is 2.29. The van der Waals surface area contributed by atoms with Crippen LogP contribution in [0.25, 0.3) is 0 Å². The van der Waals surface area contributed by atoms with Gasteiger partial charge in [-0.05, 0) is 25.1 Å². The topological polar surface area (TPSA) is 50.3 Å². The van der Waals surface area contributed by atoms with Gasteiger partial charge in [0.15, 0.2) is 0 Å². The third kappa shape index (κ3) is 3.51. The highest BCUT2D eigenvalue weighted by atomic mass is 35.5. The van der Waals surface area contributed by atoms with Gasteiger partial charge in [0.25, 0.3) is 0 Å². The fraction of sp³-hybridized carbons (Fsp3) is 0.250. The molecule has 0 radical (unpaired) electrons. The Morgan fingerprint density at radius 2 is 1.85 bits per heavy atom. The summed E-state index contributed by atoms with van der Waals surface area (Å²) in [6.45, 7) is 2.14. The first-order chi connectivity index (χ1) is 9.29. The zero-order chi connectivity index (χ0) is 14.9. The number of thiazole rings is 1. The lowest BCUT2D eigenvalue weighted by atomic mass is 10.4. The average molecular weight is 351 g/mol. The number of nitrogens with zero attached hydrogens (tertiary/aromatic N) is 2. The van der Waals surface area contributed by atoms with Gasteiger partial charge in [-0.1, -0.05) is 23.2 Å². The standard InChI is InChI=1S/C12H12Cl2N2O2S2/c1-8-15-6-11(19-8)7-16(2)20(17,18)12-4-9(13)3-10(14)5-12/h3-6H,7H2,1-2H3. The van der Waals surface area contributed by atoms with Gasteiger partial charge < -0.3 is 0 Å². The highest BCUT2D eigenvalue weighted by molar-refractivity contribution is 7.89. The van der Waals surface area contributed by atoms with E-state index < -0.39 is 10.0 Å². The van der Waals surface area contributed by atoms with E-state index in [0.29, 0.717) is 0 Å². The van der Waals surface area contributed by atoms with Crippen LogP contribution >= 0.6 is 34.5 Å². The predicted molar refractivity (Wildman–Crippen MR) is 82.0 cm³/mol. The minimum absolute atomic E-state index is 0.0822. The van der Waals surface area contributed by atoms with Crippen LogP contribution in [-0.2, 0) is 16.6 Å². The van der Waals surface area contributed by atoms with Crippen LogP contribution in [0.5, 0.6) is 0 Å². The van der Waals surface area contributed by atoms with Gasteiger partial charge in [-0.15, -0.1) is 11.3 Å². The molecule has 4 nitrogen and oxygen atoms in total. The number of benzene rings is 1. The number of hydrogen-bond donors (Lipinski definition) is 0. The molecule has 2 aromatic rings. The van der Waals surface area contributed by atoms with Crippen molar-refractivity contribution in [3.8, 4) is 0 Å². The Morgan fingerprint density at radius 3 is 2.35 bits per heavy atom. The van der Waals surface area contributed by atoms with Crippen LogP contribution < -0.4 is 0 Å². The summed E-state index contributed by atoms with van der Waals surface area (Å²) in [5.41, 5.74) is 0. The van der Waals surface area contributed by atoms with Gasteiger partial charge in [0.2, 0.25) is 10.0 Å². The van der Waals surface area contributed by atoms with Crippen molar-refractivity contribution in [1.29, 1.82) is 0 Å². The first-order valence-electron chi connectivity index (χ1n) is 5.63. The molecule has 0 saturated heterocycles. The molecule has 20 heavy (non-hydrogen) atoms. The van der Waals surface area contributed by atoms with E-state index in [4.69, 9.17) is 23.2 Å². The molecule has 0 aliphatic carbocycles. The molecular weight excluding hydrogens is 339 g/mol. The molecule has 108 valence electrons. The van der Waals surface area contributed by atoms with E-state index >= 15 is 0 Å². The molecule has 1 aromatic carbocycles. The molecule has 1 aromatic heterocycles. The second kappa shape index (κ2) is 5.99. The molecule has 0 amide bonds. The monoisotopic (exact) mass is 350 g/mol. The highest BCUT2D eigenvalue weighted by Crippen LogP contribution is 2.25. The van der Waals surface area contributed by atoms with Gasteiger partial charge in [0.1, 0.15) is 0 Å². The predicted octanol–water partition coefficient (Wildman–Crippen LogP) is 3.58. The third-order valence-electron chi connectivity index (χ3n) is 2.59. The number of sulfonamides is 1. The van der Waals surface area contributed by atoms with Crippen molar-refractivity contribution in [2.45, 2.75) is 18.4 Å². The number of hydrogen-bond acceptors (Lipinski definition) is 4. The smallest absolute Gasteiger partial charge is 0.243 e. The molecule has 0 saturated carbocycles. The third-order valence-corrected chi connectivity index (χ3v) is 5.71. The van der Waals surface area contributed by atoms with Gasteiger partial charge in [-0.3, -0.25) is 0 Å². The Labute approximate surface area is 132 Å². The summed E-state index contributed by atoms with van der Waals surface area (Å²) in [6, 6.07) is 4.27. The lowest BCUT2D eigenvalue weighted by Crippen LogP contribution is -2.26. The van der Waals surface area contributed by atoms with E-state index in [1.807, 2.05) is 6.92 Å².